The monoisotopic (exact) mass is 265 g/mol. The van der Waals surface area contributed by atoms with Crippen LogP contribution in [0.1, 0.15) is 18.3 Å². The fourth-order valence-electron chi connectivity index (χ4n) is 1.84. The van der Waals surface area contributed by atoms with Crippen LogP contribution in [0.5, 0.6) is 5.88 Å². The zero-order valence-corrected chi connectivity index (χ0v) is 10.8. The average molecular weight is 265 g/mol. The zero-order chi connectivity index (χ0) is 14.0. The van der Waals surface area contributed by atoms with Crippen molar-refractivity contribution in [2.24, 2.45) is 7.05 Å². The molecule has 2 N–H and O–H groups in total. The Hall–Kier alpha value is -2.38. The second kappa shape index (κ2) is 5.09. The van der Waals surface area contributed by atoms with E-state index in [0.29, 0.717) is 18.7 Å². The van der Waals surface area contributed by atoms with Gasteiger partial charge >= 0.3 is 5.69 Å². The smallest absolute Gasteiger partial charge is 0.331 e. The molecule has 0 atom stereocenters. The van der Waals surface area contributed by atoms with Gasteiger partial charge in [0.2, 0.25) is 5.88 Å². The van der Waals surface area contributed by atoms with E-state index < -0.39 is 11.2 Å². The second-order valence-corrected chi connectivity index (χ2v) is 4.15. The molecule has 2 rings (SSSR count). The summed E-state index contributed by atoms with van der Waals surface area (Å²) in [5.74, 6) is 0.283. The van der Waals surface area contributed by atoms with Gasteiger partial charge in [0.15, 0.2) is 5.82 Å². The van der Waals surface area contributed by atoms with Gasteiger partial charge in [-0.2, -0.15) is 5.10 Å². The normalized spacial score (nSPS) is 10.8. The fraction of sp³-hybridized carbons (Fsp3) is 0.455. The van der Waals surface area contributed by atoms with Crippen molar-refractivity contribution < 1.29 is 5.11 Å². The highest BCUT2D eigenvalue weighted by atomic mass is 16.3. The van der Waals surface area contributed by atoms with Gasteiger partial charge in [0, 0.05) is 20.0 Å². The lowest BCUT2D eigenvalue weighted by Crippen LogP contribution is -2.32. The van der Waals surface area contributed by atoms with Crippen molar-refractivity contribution in [1.29, 1.82) is 0 Å². The third-order valence-electron chi connectivity index (χ3n) is 2.82. The molecule has 8 heteroatoms. The maximum absolute atomic E-state index is 11.7. The lowest BCUT2D eigenvalue weighted by Gasteiger charge is -2.09. The summed E-state index contributed by atoms with van der Waals surface area (Å²) in [5.41, 5.74) is -0.971. The van der Waals surface area contributed by atoms with E-state index >= 15 is 0 Å². The third kappa shape index (κ3) is 2.56. The predicted molar refractivity (Wildman–Crippen MR) is 67.1 cm³/mol. The molecule has 0 aliphatic carbocycles. The van der Waals surface area contributed by atoms with E-state index in [1.165, 1.54) is 0 Å². The highest BCUT2D eigenvalue weighted by Gasteiger charge is 2.12. The van der Waals surface area contributed by atoms with E-state index in [1.807, 2.05) is 0 Å². The molecule has 0 bridgehead atoms. The van der Waals surface area contributed by atoms with Gasteiger partial charge in [-0.3, -0.25) is 19.0 Å². The summed E-state index contributed by atoms with van der Waals surface area (Å²) < 4.78 is 2.68. The van der Waals surface area contributed by atoms with Crippen LogP contribution >= 0.6 is 0 Å². The molecule has 0 saturated carbocycles. The van der Waals surface area contributed by atoms with Crippen molar-refractivity contribution >= 4 is 0 Å². The van der Waals surface area contributed by atoms with Gasteiger partial charge in [-0.25, -0.2) is 9.78 Å². The number of rotatable bonds is 4. The van der Waals surface area contributed by atoms with Crippen molar-refractivity contribution in [3.8, 4) is 5.88 Å². The molecule has 0 aliphatic heterocycles. The number of nitrogens with zero attached hydrogens (tertiary/aromatic N) is 4. The van der Waals surface area contributed by atoms with E-state index in [1.54, 1.807) is 25.0 Å². The van der Waals surface area contributed by atoms with Gasteiger partial charge in [-0.15, -0.1) is 0 Å². The number of hydrogen-bond acceptors (Lipinski definition) is 5. The van der Waals surface area contributed by atoms with Crippen molar-refractivity contribution in [2.45, 2.75) is 26.3 Å². The Morgan fingerprint density at radius 2 is 2.16 bits per heavy atom. The van der Waals surface area contributed by atoms with Gasteiger partial charge in [0.05, 0.1) is 5.56 Å². The van der Waals surface area contributed by atoms with Crippen LogP contribution in [-0.4, -0.2) is 29.4 Å². The molecule has 0 unspecified atom stereocenters. The second-order valence-electron chi connectivity index (χ2n) is 4.15. The van der Waals surface area contributed by atoms with Crippen LogP contribution in [0.4, 0.5) is 0 Å². The van der Waals surface area contributed by atoms with Crippen LogP contribution in [0.2, 0.25) is 0 Å². The van der Waals surface area contributed by atoms with Crippen LogP contribution < -0.4 is 11.2 Å². The first-order valence-corrected chi connectivity index (χ1v) is 5.92. The Kier molecular flexibility index (Phi) is 3.50. The summed E-state index contributed by atoms with van der Waals surface area (Å²) in [6, 6.07) is 0. The highest BCUT2D eigenvalue weighted by molar-refractivity contribution is 5.22. The lowest BCUT2D eigenvalue weighted by molar-refractivity contribution is 0.392. The van der Waals surface area contributed by atoms with Gasteiger partial charge in [0.25, 0.3) is 5.56 Å². The van der Waals surface area contributed by atoms with E-state index in [9.17, 15) is 14.7 Å². The van der Waals surface area contributed by atoms with Crippen LogP contribution in [-0.2, 0) is 26.4 Å². The molecule has 0 fully saturated rings. The molecular formula is C11H15N5O3. The van der Waals surface area contributed by atoms with Crippen molar-refractivity contribution in [3.63, 3.8) is 0 Å². The Bertz CT molecular complexity index is 697. The number of aryl methyl sites for hydroxylation is 2. The van der Waals surface area contributed by atoms with Gasteiger partial charge < -0.3 is 5.11 Å². The first kappa shape index (κ1) is 13.1. The molecule has 0 aliphatic rings. The number of hydrogen-bond donors (Lipinski definition) is 2. The summed E-state index contributed by atoms with van der Waals surface area (Å²) in [6.07, 6.45) is 2.30. The Balaban J connectivity index is 2.30. The molecule has 2 aromatic rings. The summed E-state index contributed by atoms with van der Waals surface area (Å²) in [5, 5.41) is 14.0. The van der Waals surface area contributed by atoms with Gasteiger partial charge in [-0.05, 0) is 6.42 Å². The summed E-state index contributed by atoms with van der Waals surface area (Å²) in [6.45, 7) is 1.94. The predicted octanol–water partition coefficient (Wildman–Crippen LogP) is -0.824. The van der Waals surface area contributed by atoms with E-state index in [0.717, 1.165) is 4.57 Å². The third-order valence-corrected chi connectivity index (χ3v) is 2.82. The molecular weight excluding hydrogens is 250 g/mol. The van der Waals surface area contributed by atoms with E-state index in [4.69, 9.17) is 0 Å². The van der Waals surface area contributed by atoms with Crippen LogP contribution in [0.25, 0.3) is 0 Å². The average Bonchev–Trinajstić information content (AvgIpc) is 2.75. The van der Waals surface area contributed by atoms with Crippen LogP contribution in [0.15, 0.2) is 15.9 Å². The number of aromatic hydroxyl groups is 1. The summed E-state index contributed by atoms with van der Waals surface area (Å²) in [7, 11) is 1.75. The highest BCUT2D eigenvalue weighted by Crippen LogP contribution is 2.10. The molecule has 2 aromatic heterocycles. The van der Waals surface area contributed by atoms with Crippen LogP contribution in [0, 0.1) is 0 Å². The van der Waals surface area contributed by atoms with E-state index in [-0.39, 0.29) is 18.0 Å². The zero-order valence-electron chi connectivity index (χ0n) is 10.8. The quantitative estimate of drug-likeness (QED) is 0.751. The summed E-state index contributed by atoms with van der Waals surface area (Å²) in [4.78, 5) is 29.3. The first-order valence-electron chi connectivity index (χ1n) is 5.92. The lowest BCUT2D eigenvalue weighted by atomic mass is 10.2. The largest absolute Gasteiger partial charge is 0.494 e. The Labute approximate surface area is 108 Å². The topological polar surface area (TPSA) is 106 Å². The molecule has 0 amide bonds. The molecule has 2 heterocycles. The van der Waals surface area contributed by atoms with Crippen LogP contribution in [0.3, 0.4) is 0 Å². The van der Waals surface area contributed by atoms with Gasteiger partial charge in [-0.1, -0.05) is 6.92 Å². The molecule has 0 spiro atoms. The van der Waals surface area contributed by atoms with Gasteiger partial charge in [0.1, 0.15) is 6.33 Å². The maximum atomic E-state index is 11.7. The molecule has 102 valence electrons. The van der Waals surface area contributed by atoms with E-state index in [2.05, 4.69) is 15.1 Å². The van der Waals surface area contributed by atoms with Crippen molar-refractivity contribution in [2.75, 3.05) is 0 Å². The molecule has 0 aromatic carbocycles. The molecule has 19 heavy (non-hydrogen) atoms. The molecule has 8 nitrogen and oxygen atoms in total. The van der Waals surface area contributed by atoms with Crippen molar-refractivity contribution in [1.82, 2.24) is 24.3 Å². The first-order chi connectivity index (χ1) is 9.02. The Morgan fingerprint density at radius 1 is 1.42 bits per heavy atom. The minimum absolute atomic E-state index is 0.202. The number of H-pyrrole nitrogens is 1. The molecule has 0 radical (unpaired) electrons. The summed E-state index contributed by atoms with van der Waals surface area (Å²) >= 11 is 0. The van der Waals surface area contributed by atoms with Crippen molar-refractivity contribution in [3.05, 3.63) is 38.6 Å². The number of aromatic nitrogens is 5. The standard InChI is InChI=1S/C11H15N5O3/c1-3-7-9(17)13-11(19)16(10(7)18)5-4-8-12-6-15(2)14-8/h6,18H,3-5H2,1-2H3,(H,13,17,19). The fourth-order valence-corrected chi connectivity index (χ4v) is 1.84. The minimum Gasteiger partial charge on any atom is -0.494 e. The molecule has 0 saturated heterocycles. The SMILES string of the molecule is CCc1c(O)n(CCc2ncn(C)n2)c(=O)[nH]c1=O. The maximum Gasteiger partial charge on any atom is 0.331 e. The minimum atomic E-state index is -0.629. The number of nitrogens with one attached hydrogen (secondary N) is 1. The Morgan fingerprint density at radius 3 is 2.74 bits per heavy atom. The number of aromatic amines is 1.